The van der Waals surface area contributed by atoms with Crippen molar-refractivity contribution in [2.75, 3.05) is 33.2 Å². The monoisotopic (exact) mass is 359 g/mol. The van der Waals surface area contributed by atoms with Crippen LogP contribution in [0.4, 0.5) is 0 Å². The molecule has 0 aromatic carbocycles. The first-order chi connectivity index (χ1) is 12.6. The molecule has 0 radical (unpaired) electrons. The molecule has 1 amide bonds. The van der Waals surface area contributed by atoms with Crippen molar-refractivity contribution in [1.29, 1.82) is 0 Å². The maximum atomic E-state index is 11.8. The number of H-pyrrole nitrogens is 1. The molecule has 3 fully saturated rings. The third kappa shape index (κ3) is 3.96. The molecule has 26 heavy (non-hydrogen) atoms. The number of rotatable bonds is 4. The first kappa shape index (κ1) is 18.0. The molecule has 1 atom stereocenters. The molecule has 1 aromatic rings. The van der Waals surface area contributed by atoms with Crippen molar-refractivity contribution in [1.82, 2.24) is 25.1 Å². The fourth-order valence-electron chi connectivity index (χ4n) is 5.13. The minimum atomic E-state index is 0.129. The highest BCUT2D eigenvalue weighted by Crippen LogP contribution is 2.31. The Kier molecular flexibility index (Phi) is 5.32. The van der Waals surface area contributed by atoms with Crippen LogP contribution < -0.4 is 5.32 Å². The lowest BCUT2D eigenvalue weighted by molar-refractivity contribution is -0.121. The lowest BCUT2D eigenvalue weighted by Crippen LogP contribution is -2.60. The highest BCUT2D eigenvalue weighted by atomic mass is 16.1. The van der Waals surface area contributed by atoms with E-state index in [9.17, 15) is 4.79 Å². The number of aromatic nitrogens is 2. The number of hydrogen-bond acceptors (Lipinski definition) is 4. The summed E-state index contributed by atoms with van der Waals surface area (Å²) in [5.41, 5.74) is 1.37. The topological polar surface area (TPSA) is 64.3 Å². The molecule has 1 saturated carbocycles. The van der Waals surface area contributed by atoms with E-state index in [2.05, 4.69) is 32.1 Å². The second-order valence-corrected chi connectivity index (χ2v) is 8.67. The van der Waals surface area contributed by atoms with Crippen LogP contribution >= 0.6 is 0 Å². The van der Waals surface area contributed by atoms with Gasteiger partial charge in [-0.15, -0.1) is 0 Å². The van der Waals surface area contributed by atoms with Gasteiger partial charge < -0.3 is 10.3 Å². The van der Waals surface area contributed by atoms with Crippen molar-refractivity contribution in [3.63, 3.8) is 0 Å². The largest absolute Gasteiger partial charge is 0.356 e. The lowest BCUT2D eigenvalue weighted by atomic mass is 9.86. The number of carbonyl (C=O) groups excluding carboxylic acids is 1. The molecule has 6 heteroatoms. The average molecular weight is 360 g/mol. The van der Waals surface area contributed by atoms with Crippen molar-refractivity contribution in [3.8, 4) is 0 Å². The number of piperazine rings is 1. The van der Waals surface area contributed by atoms with Crippen LogP contribution in [0.2, 0.25) is 0 Å². The highest BCUT2D eigenvalue weighted by molar-refractivity contribution is 5.76. The number of nitrogens with zero attached hydrogens (tertiary/aromatic N) is 3. The molecule has 1 aliphatic carbocycles. The van der Waals surface area contributed by atoms with Crippen LogP contribution in [0.5, 0.6) is 0 Å². The lowest BCUT2D eigenvalue weighted by Gasteiger charge is -2.49. The zero-order valence-electron chi connectivity index (χ0n) is 16.1. The summed E-state index contributed by atoms with van der Waals surface area (Å²) < 4.78 is 0. The smallest absolute Gasteiger partial charge is 0.220 e. The van der Waals surface area contributed by atoms with Gasteiger partial charge in [-0.3, -0.25) is 14.6 Å². The minimum Gasteiger partial charge on any atom is -0.356 e. The van der Waals surface area contributed by atoms with Crippen molar-refractivity contribution >= 4 is 5.91 Å². The zero-order valence-corrected chi connectivity index (χ0v) is 16.1. The maximum absolute atomic E-state index is 11.8. The van der Waals surface area contributed by atoms with Crippen molar-refractivity contribution in [2.24, 2.45) is 5.92 Å². The van der Waals surface area contributed by atoms with Gasteiger partial charge in [-0.1, -0.05) is 25.7 Å². The number of likely N-dealkylation sites (N-methyl/N-ethyl adjacent to an activating group) is 1. The Morgan fingerprint density at radius 3 is 2.96 bits per heavy atom. The summed E-state index contributed by atoms with van der Waals surface area (Å²) in [6.07, 6.45) is 11.3. The van der Waals surface area contributed by atoms with E-state index < -0.39 is 0 Å². The quantitative estimate of drug-likeness (QED) is 0.862. The fraction of sp³-hybridized carbons (Fsp3) is 0.800. The molecule has 1 aromatic heterocycles. The van der Waals surface area contributed by atoms with E-state index in [1.807, 2.05) is 6.20 Å². The van der Waals surface area contributed by atoms with Crippen molar-refractivity contribution in [2.45, 2.75) is 63.5 Å². The summed E-state index contributed by atoms with van der Waals surface area (Å²) in [6, 6.07) is 0. The van der Waals surface area contributed by atoms with Gasteiger partial charge in [0, 0.05) is 63.0 Å². The van der Waals surface area contributed by atoms with E-state index >= 15 is 0 Å². The summed E-state index contributed by atoms with van der Waals surface area (Å²) in [7, 11) is 2.23. The summed E-state index contributed by atoms with van der Waals surface area (Å²) in [5, 5.41) is 3.04. The first-order valence-electron chi connectivity index (χ1n) is 10.4. The molecular weight excluding hydrogens is 326 g/mol. The standard InChI is InChI=1S/C20H33N5O/c1-24-10-11-25(15-20(24)7-6-19(26)21-9-8-20)14-17-13-22-18(23-17)12-16-4-2-3-5-16/h13,16H,2-12,14-15H2,1H3,(H,21,26)(H,22,23). The highest BCUT2D eigenvalue weighted by Gasteiger charge is 2.40. The van der Waals surface area contributed by atoms with E-state index in [-0.39, 0.29) is 11.4 Å². The molecule has 1 unspecified atom stereocenters. The third-order valence-electron chi connectivity index (χ3n) is 6.84. The van der Waals surface area contributed by atoms with E-state index in [1.54, 1.807) is 0 Å². The van der Waals surface area contributed by atoms with Crippen LogP contribution in [0, 0.1) is 5.92 Å². The summed E-state index contributed by atoms with van der Waals surface area (Å²) in [4.78, 5) is 25.0. The van der Waals surface area contributed by atoms with Crippen LogP contribution in [0.3, 0.4) is 0 Å². The molecule has 2 saturated heterocycles. The Labute approximate surface area is 156 Å². The molecule has 4 rings (SSSR count). The molecule has 1 spiro atoms. The van der Waals surface area contributed by atoms with Crippen LogP contribution in [-0.2, 0) is 17.8 Å². The molecule has 2 N–H and O–H groups in total. The number of hydrogen-bond donors (Lipinski definition) is 2. The van der Waals surface area contributed by atoms with Gasteiger partial charge in [-0.05, 0) is 25.8 Å². The number of aromatic amines is 1. The zero-order chi connectivity index (χ0) is 18.0. The van der Waals surface area contributed by atoms with Gasteiger partial charge in [0.15, 0.2) is 0 Å². The fourth-order valence-corrected chi connectivity index (χ4v) is 5.13. The van der Waals surface area contributed by atoms with Gasteiger partial charge in [0.2, 0.25) is 5.91 Å². The van der Waals surface area contributed by atoms with Crippen molar-refractivity contribution < 1.29 is 4.79 Å². The minimum absolute atomic E-state index is 0.129. The molecule has 2 aliphatic heterocycles. The van der Waals surface area contributed by atoms with E-state index in [1.165, 1.54) is 37.2 Å². The normalized spacial score (nSPS) is 29.2. The summed E-state index contributed by atoms with van der Waals surface area (Å²) >= 11 is 0. The molecule has 3 heterocycles. The van der Waals surface area contributed by atoms with E-state index in [0.717, 1.165) is 57.9 Å². The Balaban J connectivity index is 1.37. The second-order valence-electron chi connectivity index (χ2n) is 8.67. The van der Waals surface area contributed by atoms with Gasteiger partial charge in [-0.2, -0.15) is 0 Å². The van der Waals surface area contributed by atoms with Gasteiger partial charge in [0.1, 0.15) is 5.82 Å². The Morgan fingerprint density at radius 1 is 1.27 bits per heavy atom. The van der Waals surface area contributed by atoms with Gasteiger partial charge in [0.25, 0.3) is 0 Å². The molecule has 3 aliphatic rings. The number of nitrogens with one attached hydrogen (secondary N) is 2. The predicted octanol–water partition coefficient (Wildman–Crippen LogP) is 1.93. The third-order valence-corrected chi connectivity index (χ3v) is 6.84. The van der Waals surface area contributed by atoms with Crippen LogP contribution in [0.1, 0.15) is 56.5 Å². The maximum Gasteiger partial charge on any atom is 0.220 e. The SMILES string of the molecule is CN1CCN(Cc2cnc(CC3CCCC3)[nH]2)CC12CCNC(=O)CC2. The Hall–Kier alpha value is -1.40. The number of amides is 1. The number of carbonyl (C=O) groups is 1. The molecule has 144 valence electrons. The van der Waals surface area contributed by atoms with E-state index in [4.69, 9.17) is 0 Å². The van der Waals surface area contributed by atoms with Crippen molar-refractivity contribution in [3.05, 3.63) is 17.7 Å². The molecular formula is C20H33N5O. The molecule has 0 bridgehead atoms. The summed E-state index contributed by atoms with van der Waals surface area (Å²) in [5.74, 6) is 2.20. The van der Waals surface area contributed by atoms with Crippen LogP contribution in [0.15, 0.2) is 6.20 Å². The van der Waals surface area contributed by atoms with E-state index in [0.29, 0.717) is 6.42 Å². The van der Waals surface area contributed by atoms with Gasteiger partial charge in [-0.25, -0.2) is 4.98 Å². The number of imidazole rings is 1. The summed E-state index contributed by atoms with van der Waals surface area (Å²) in [6.45, 7) is 4.92. The second kappa shape index (κ2) is 7.69. The average Bonchev–Trinajstić information content (AvgIpc) is 3.25. The molecule has 6 nitrogen and oxygen atoms in total. The van der Waals surface area contributed by atoms with Gasteiger partial charge in [0.05, 0.1) is 0 Å². The Morgan fingerprint density at radius 2 is 2.12 bits per heavy atom. The van der Waals surface area contributed by atoms with Gasteiger partial charge >= 0.3 is 0 Å². The van der Waals surface area contributed by atoms with Crippen LogP contribution in [0.25, 0.3) is 0 Å². The Bertz CT molecular complexity index is 623. The first-order valence-corrected chi connectivity index (χ1v) is 10.4. The van der Waals surface area contributed by atoms with Crippen LogP contribution in [-0.4, -0.2) is 64.4 Å². The predicted molar refractivity (Wildman–Crippen MR) is 102 cm³/mol.